The largest absolute Gasteiger partial charge is 0.497 e. The van der Waals surface area contributed by atoms with Gasteiger partial charge in [-0.1, -0.05) is 6.07 Å². The Kier molecular flexibility index (Phi) is 5.80. The van der Waals surface area contributed by atoms with Gasteiger partial charge in [0.1, 0.15) is 5.75 Å². The van der Waals surface area contributed by atoms with E-state index in [1.54, 1.807) is 36.3 Å². The second-order valence-corrected chi connectivity index (χ2v) is 6.01. The summed E-state index contributed by atoms with van der Waals surface area (Å²) in [5, 5.41) is 2.66. The van der Waals surface area contributed by atoms with E-state index in [9.17, 15) is 9.59 Å². The molecule has 7 nitrogen and oxygen atoms in total. The second-order valence-electron chi connectivity index (χ2n) is 6.01. The van der Waals surface area contributed by atoms with Crippen LogP contribution in [0.25, 0.3) is 0 Å². The van der Waals surface area contributed by atoms with Crippen molar-refractivity contribution in [3.63, 3.8) is 0 Å². The number of benzene rings is 2. The molecule has 0 aromatic heterocycles. The van der Waals surface area contributed by atoms with Gasteiger partial charge in [-0.2, -0.15) is 0 Å². The Labute approximate surface area is 157 Å². The molecule has 0 bridgehead atoms. The summed E-state index contributed by atoms with van der Waals surface area (Å²) in [4.78, 5) is 26.3. The van der Waals surface area contributed by atoms with Crippen molar-refractivity contribution in [2.75, 3.05) is 27.0 Å². The molecule has 3 rings (SSSR count). The number of likely N-dealkylation sites (N-methyl/N-ethyl adjacent to an activating group) is 1. The lowest BCUT2D eigenvalue weighted by molar-refractivity contribution is -0.130. The summed E-state index contributed by atoms with van der Waals surface area (Å²) in [7, 11) is 1.56. The van der Waals surface area contributed by atoms with Gasteiger partial charge in [0.15, 0.2) is 11.5 Å². The number of fused-ring (bicyclic) bond motifs is 1. The van der Waals surface area contributed by atoms with E-state index in [2.05, 4.69) is 5.32 Å². The van der Waals surface area contributed by atoms with Crippen LogP contribution in [0, 0.1) is 0 Å². The number of hydrogen-bond acceptors (Lipinski definition) is 5. The number of ether oxygens (including phenoxy) is 3. The number of nitrogens with zero attached hydrogens (tertiary/aromatic N) is 1. The van der Waals surface area contributed by atoms with E-state index in [0.29, 0.717) is 35.9 Å². The lowest BCUT2D eigenvalue weighted by Gasteiger charge is -2.21. The van der Waals surface area contributed by atoms with Crippen LogP contribution in [0.5, 0.6) is 17.2 Å². The summed E-state index contributed by atoms with van der Waals surface area (Å²) in [6.07, 6.45) is 0. The summed E-state index contributed by atoms with van der Waals surface area (Å²) in [6, 6.07) is 12.3. The van der Waals surface area contributed by atoms with E-state index in [-0.39, 0.29) is 25.2 Å². The molecule has 27 heavy (non-hydrogen) atoms. The SMILES string of the molecule is CCN(Cc1ccc2c(c1)OCO2)C(=O)CNC(=O)c1ccc(OC)cc1. The molecule has 0 atom stereocenters. The van der Waals surface area contributed by atoms with Crippen molar-refractivity contribution in [1.29, 1.82) is 0 Å². The average molecular weight is 370 g/mol. The molecule has 0 unspecified atom stereocenters. The molecule has 1 heterocycles. The van der Waals surface area contributed by atoms with Crippen LogP contribution in [0.1, 0.15) is 22.8 Å². The average Bonchev–Trinajstić information content (AvgIpc) is 3.17. The topological polar surface area (TPSA) is 77.1 Å². The van der Waals surface area contributed by atoms with Crippen molar-refractivity contribution < 1.29 is 23.8 Å². The van der Waals surface area contributed by atoms with Crippen molar-refractivity contribution in [2.24, 2.45) is 0 Å². The highest BCUT2D eigenvalue weighted by Gasteiger charge is 2.17. The Morgan fingerprint density at radius 2 is 1.85 bits per heavy atom. The summed E-state index contributed by atoms with van der Waals surface area (Å²) in [6.45, 7) is 3.02. The third-order valence-electron chi connectivity index (χ3n) is 4.30. The number of hydrogen-bond donors (Lipinski definition) is 1. The Balaban J connectivity index is 1.55. The van der Waals surface area contributed by atoms with Crippen LogP contribution < -0.4 is 19.5 Å². The minimum Gasteiger partial charge on any atom is -0.497 e. The molecular weight excluding hydrogens is 348 g/mol. The van der Waals surface area contributed by atoms with Crippen molar-refractivity contribution in [2.45, 2.75) is 13.5 Å². The molecule has 0 radical (unpaired) electrons. The molecule has 142 valence electrons. The summed E-state index contributed by atoms with van der Waals surface area (Å²) >= 11 is 0. The standard InChI is InChI=1S/C20H22N2O5/c1-3-22(12-14-4-9-17-18(10-14)27-13-26-17)19(23)11-21-20(24)15-5-7-16(25-2)8-6-15/h4-10H,3,11-13H2,1-2H3,(H,21,24). The highest BCUT2D eigenvalue weighted by Crippen LogP contribution is 2.32. The fourth-order valence-electron chi connectivity index (χ4n) is 2.75. The molecule has 2 aromatic carbocycles. The molecule has 1 aliphatic rings. The van der Waals surface area contributed by atoms with Crippen molar-refractivity contribution in [3.05, 3.63) is 53.6 Å². The maximum atomic E-state index is 12.5. The van der Waals surface area contributed by atoms with Gasteiger partial charge >= 0.3 is 0 Å². The van der Waals surface area contributed by atoms with E-state index in [4.69, 9.17) is 14.2 Å². The molecule has 1 aliphatic heterocycles. The number of nitrogens with one attached hydrogen (secondary N) is 1. The Hall–Kier alpha value is -3.22. The zero-order valence-corrected chi connectivity index (χ0v) is 15.4. The van der Waals surface area contributed by atoms with Crippen LogP contribution in [-0.4, -0.2) is 43.7 Å². The number of carbonyl (C=O) groups is 2. The van der Waals surface area contributed by atoms with Crippen LogP contribution in [0.3, 0.4) is 0 Å². The monoisotopic (exact) mass is 370 g/mol. The van der Waals surface area contributed by atoms with Gasteiger partial charge < -0.3 is 24.4 Å². The molecule has 0 spiro atoms. The molecule has 0 fully saturated rings. The Morgan fingerprint density at radius 3 is 2.56 bits per heavy atom. The van der Waals surface area contributed by atoms with Crippen molar-refractivity contribution in [1.82, 2.24) is 10.2 Å². The van der Waals surface area contributed by atoms with Gasteiger partial charge in [-0.15, -0.1) is 0 Å². The fourth-order valence-corrected chi connectivity index (χ4v) is 2.75. The first-order valence-electron chi connectivity index (χ1n) is 8.69. The maximum Gasteiger partial charge on any atom is 0.251 e. The van der Waals surface area contributed by atoms with E-state index >= 15 is 0 Å². The Bertz CT molecular complexity index is 820. The van der Waals surface area contributed by atoms with Crippen molar-refractivity contribution >= 4 is 11.8 Å². The number of methoxy groups -OCH3 is 1. The van der Waals surface area contributed by atoms with E-state index in [0.717, 1.165) is 5.56 Å². The Morgan fingerprint density at radius 1 is 1.11 bits per heavy atom. The highest BCUT2D eigenvalue weighted by atomic mass is 16.7. The molecule has 0 saturated carbocycles. The normalized spacial score (nSPS) is 11.8. The number of rotatable bonds is 7. The van der Waals surface area contributed by atoms with E-state index < -0.39 is 0 Å². The predicted molar refractivity (Wildman–Crippen MR) is 99.0 cm³/mol. The zero-order chi connectivity index (χ0) is 19.2. The van der Waals surface area contributed by atoms with Crippen molar-refractivity contribution in [3.8, 4) is 17.2 Å². The van der Waals surface area contributed by atoms with Crippen LogP contribution in [0.15, 0.2) is 42.5 Å². The van der Waals surface area contributed by atoms with Gasteiger partial charge in [0, 0.05) is 18.7 Å². The lowest BCUT2D eigenvalue weighted by atomic mass is 10.2. The van der Waals surface area contributed by atoms with E-state index in [1.165, 1.54) is 0 Å². The minimum atomic E-state index is -0.301. The van der Waals surface area contributed by atoms with E-state index in [1.807, 2.05) is 25.1 Å². The first-order chi connectivity index (χ1) is 13.1. The highest BCUT2D eigenvalue weighted by molar-refractivity contribution is 5.96. The predicted octanol–water partition coefficient (Wildman–Crippen LogP) is 2.20. The molecule has 7 heteroatoms. The first-order valence-corrected chi connectivity index (χ1v) is 8.69. The van der Waals surface area contributed by atoms with Crippen LogP contribution in [-0.2, 0) is 11.3 Å². The molecule has 1 N–H and O–H groups in total. The van der Waals surface area contributed by atoms with Gasteiger partial charge in [-0.25, -0.2) is 0 Å². The van der Waals surface area contributed by atoms with Gasteiger partial charge in [0.2, 0.25) is 12.7 Å². The maximum absolute atomic E-state index is 12.5. The third kappa shape index (κ3) is 4.49. The fraction of sp³-hybridized carbons (Fsp3) is 0.300. The first kappa shape index (κ1) is 18.6. The molecule has 0 saturated heterocycles. The van der Waals surface area contributed by atoms with Gasteiger partial charge in [-0.3, -0.25) is 9.59 Å². The van der Waals surface area contributed by atoms with Crippen LogP contribution in [0.4, 0.5) is 0 Å². The zero-order valence-electron chi connectivity index (χ0n) is 15.4. The van der Waals surface area contributed by atoms with Gasteiger partial charge in [0.25, 0.3) is 5.91 Å². The molecule has 0 aliphatic carbocycles. The summed E-state index contributed by atoms with van der Waals surface area (Å²) in [5.41, 5.74) is 1.42. The number of carbonyl (C=O) groups excluding carboxylic acids is 2. The second kappa shape index (κ2) is 8.44. The van der Waals surface area contributed by atoms with Crippen LogP contribution >= 0.6 is 0 Å². The molecule has 2 amide bonds. The molecular formula is C20H22N2O5. The number of amides is 2. The summed E-state index contributed by atoms with van der Waals surface area (Å²) < 4.78 is 15.7. The molecule has 2 aromatic rings. The lowest BCUT2D eigenvalue weighted by Crippen LogP contribution is -2.39. The van der Waals surface area contributed by atoms with Gasteiger partial charge in [0.05, 0.1) is 13.7 Å². The summed E-state index contributed by atoms with van der Waals surface area (Å²) in [5.74, 6) is 1.61. The van der Waals surface area contributed by atoms with Gasteiger partial charge in [-0.05, 0) is 48.9 Å². The smallest absolute Gasteiger partial charge is 0.251 e. The van der Waals surface area contributed by atoms with Crippen LogP contribution in [0.2, 0.25) is 0 Å². The quantitative estimate of drug-likeness (QED) is 0.809. The third-order valence-corrected chi connectivity index (χ3v) is 4.30. The minimum absolute atomic E-state index is 0.0662.